The maximum absolute atomic E-state index is 8.84. The minimum Gasteiger partial charge on any atom is -0.495 e. The van der Waals surface area contributed by atoms with Crippen molar-refractivity contribution in [3.05, 3.63) is 51.5 Å². The van der Waals surface area contributed by atoms with Gasteiger partial charge in [0.2, 0.25) is 0 Å². The Hall–Kier alpha value is -1.70. The van der Waals surface area contributed by atoms with Gasteiger partial charge < -0.3 is 10.1 Å². The van der Waals surface area contributed by atoms with Crippen LogP contribution in [-0.2, 0) is 0 Å². The van der Waals surface area contributed by atoms with Crippen molar-refractivity contribution in [3.8, 4) is 11.8 Å². The molecule has 0 saturated heterocycles. The molecule has 0 heterocycles. The molecule has 0 fully saturated rings. The van der Waals surface area contributed by atoms with Gasteiger partial charge in [-0.05, 0) is 36.4 Å². The van der Waals surface area contributed by atoms with Crippen molar-refractivity contribution in [3.63, 3.8) is 0 Å². The average molecular weight is 338 g/mol. The van der Waals surface area contributed by atoms with E-state index in [-0.39, 0.29) is 0 Å². The molecule has 0 spiro atoms. The van der Waals surface area contributed by atoms with E-state index in [1.54, 1.807) is 25.3 Å². The summed E-state index contributed by atoms with van der Waals surface area (Å²) in [5.74, 6) is 0.726. The highest BCUT2D eigenvalue weighted by atomic mass is 79.9. The first-order chi connectivity index (χ1) is 9.13. The summed E-state index contributed by atoms with van der Waals surface area (Å²) in [5, 5.41) is 12.5. The largest absolute Gasteiger partial charge is 0.495 e. The molecule has 0 aromatic heterocycles. The zero-order valence-corrected chi connectivity index (χ0v) is 12.4. The Morgan fingerprint density at radius 2 is 2.05 bits per heavy atom. The van der Waals surface area contributed by atoms with E-state index in [9.17, 15) is 0 Å². The number of nitrogens with zero attached hydrogens (tertiary/aromatic N) is 1. The fourth-order valence-corrected chi connectivity index (χ4v) is 2.20. The first-order valence-corrected chi connectivity index (χ1v) is 6.61. The Bertz CT molecular complexity index is 652. The molecule has 0 aliphatic carbocycles. The van der Waals surface area contributed by atoms with Crippen LogP contribution >= 0.6 is 27.5 Å². The quantitative estimate of drug-likeness (QED) is 0.881. The van der Waals surface area contributed by atoms with Gasteiger partial charge in [0, 0.05) is 10.2 Å². The molecule has 2 rings (SSSR count). The average Bonchev–Trinajstić information content (AvgIpc) is 2.39. The van der Waals surface area contributed by atoms with Gasteiger partial charge in [0.05, 0.1) is 23.4 Å². The van der Waals surface area contributed by atoms with Crippen LogP contribution in [0.4, 0.5) is 11.4 Å². The smallest absolute Gasteiger partial charge is 0.142 e. The monoisotopic (exact) mass is 336 g/mol. The van der Waals surface area contributed by atoms with Gasteiger partial charge in [-0.1, -0.05) is 27.5 Å². The lowest BCUT2D eigenvalue weighted by atomic mass is 10.2. The summed E-state index contributed by atoms with van der Waals surface area (Å²) in [5.41, 5.74) is 2.06. The molecule has 0 radical (unpaired) electrons. The third-order valence-electron chi connectivity index (χ3n) is 2.53. The maximum atomic E-state index is 8.84. The minimum atomic E-state index is 0.418. The second kappa shape index (κ2) is 5.96. The predicted octanol–water partition coefficient (Wildman–Crippen LogP) is 4.73. The first kappa shape index (κ1) is 13.7. The molecule has 0 amide bonds. The summed E-state index contributed by atoms with van der Waals surface area (Å²) < 4.78 is 6.22. The topological polar surface area (TPSA) is 45.0 Å². The van der Waals surface area contributed by atoms with Crippen molar-refractivity contribution in [2.24, 2.45) is 0 Å². The van der Waals surface area contributed by atoms with Gasteiger partial charge in [0.1, 0.15) is 11.8 Å². The highest BCUT2D eigenvalue weighted by Crippen LogP contribution is 2.31. The number of hydrogen-bond acceptors (Lipinski definition) is 3. The molecule has 19 heavy (non-hydrogen) atoms. The van der Waals surface area contributed by atoms with Crippen molar-refractivity contribution < 1.29 is 4.74 Å². The third kappa shape index (κ3) is 3.19. The van der Waals surface area contributed by atoms with Gasteiger partial charge in [0.25, 0.3) is 0 Å². The molecule has 0 bridgehead atoms. The molecule has 0 aliphatic rings. The predicted molar refractivity (Wildman–Crippen MR) is 80.1 cm³/mol. The Morgan fingerprint density at radius 1 is 1.26 bits per heavy atom. The molecule has 0 saturated carbocycles. The van der Waals surface area contributed by atoms with Crippen molar-refractivity contribution in [2.75, 3.05) is 12.4 Å². The Labute approximate surface area is 124 Å². The Kier molecular flexibility index (Phi) is 4.31. The van der Waals surface area contributed by atoms with Crippen molar-refractivity contribution in [1.82, 2.24) is 0 Å². The number of methoxy groups -OCH3 is 1. The van der Waals surface area contributed by atoms with Crippen LogP contribution in [-0.4, -0.2) is 7.11 Å². The van der Waals surface area contributed by atoms with E-state index in [1.807, 2.05) is 24.3 Å². The standard InChI is InChI=1S/C14H10BrClN2O/c1-19-14-5-3-10(15)6-13(14)18-11-4-2-9(8-17)12(16)7-11/h2-7,18H,1H3. The SMILES string of the molecule is COc1ccc(Br)cc1Nc1ccc(C#N)c(Cl)c1. The van der Waals surface area contributed by atoms with Crippen LogP contribution in [0.15, 0.2) is 40.9 Å². The Balaban J connectivity index is 2.33. The zero-order chi connectivity index (χ0) is 13.8. The molecule has 96 valence electrons. The van der Waals surface area contributed by atoms with Gasteiger partial charge >= 0.3 is 0 Å². The van der Waals surface area contributed by atoms with E-state index in [0.29, 0.717) is 10.6 Å². The zero-order valence-electron chi connectivity index (χ0n) is 10.1. The lowest BCUT2D eigenvalue weighted by molar-refractivity contribution is 0.417. The molecule has 0 unspecified atom stereocenters. The van der Waals surface area contributed by atoms with Gasteiger partial charge in [0.15, 0.2) is 0 Å². The van der Waals surface area contributed by atoms with Crippen LogP contribution in [0.5, 0.6) is 5.75 Å². The van der Waals surface area contributed by atoms with Crippen molar-refractivity contribution >= 4 is 38.9 Å². The van der Waals surface area contributed by atoms with Crippen molar-refractivity contribution in [1.29, 1.82) is 5.26 Å². The normalized spacial score (nSPS) is 9.79. The van der Waals surface area contributed by atoms with E-state index < -0.39 is 0 Å². The second-order valence-electron chi connectivity index (χ2n) is 3.78. The van der Waals surface area contributed by atoms with E-state index in [1.165, 1.54) is 0 Å². The van der Waals surface area contributed by atoms with Gasteiger partial charge in [-0.25, -0.2) is 0 Å². The number of rotatable bonds is 3. The van der Waals surface area contributed by atoms with Crippen LogP contribution in [0.3, 0.4) is 0 Å². The number of anilines is 2. The fraction of sp³-hybridized carbons (Fsp3) is 0.0714. The first-order valence-electron chi connectivity index (χ1n) is 5.44. The highest BCUT2D eigenvalue weighted by molar-refractivity contribution is 9.10. The number of benzene rings is 2. The lowest BCUT2D eigenvalue weighted by Crippen LogP contribution is -1.95. The number of nitriles is 1. The molecule has 0 atom stereocenters. The summed E-state index contributed by atoms with van der Waals surface area (Å²) in [6.07, 6.45) is 0. The lowest BCUT2D eigenvalue weighted by Gasteiger charge is -2.12. The van der Waals surface area contributed by atoms with Crippen molar-refractivity contribution in [2.45, 2.75) is 0 Å². The van der Waals surface area contributed by atoms with Gasteiger partial charge in [-0.3, -0.25) is 0 Å². The number of hydrogen-bond donors (Lipinski definition) is 1. The Morgan fingerprint density at radius 3 is 2.68 bits per heavy atom. The molecule has 2 aromatic carbocycles. The van der Waals surface area contributed by atoms with Crippen LogP contribution < -0.4 is 10.1 Å². The third-order valence-corrected chi connectivity index (χ3v) is 3.34. The summed E-state index contributed by atoms with van der Waals surface area (Å²) in [6.45, 7) is 0. The molecule has 2 aromatic rings. The van der Waals surface area contributed by atoms with E-state index in [2.05, 4.69) is 21.2 Å². The number of halogens is 2. The molecule has 1 N–H and O–H groups in total. The highest BCUT2D eigenvalue weighted by Gasteiger charge is 2.06. The van der Waals surface area contributed by atoms with Gasteiger partial charge in [-0.2, -0.15) is 5.26 Å². The van der Waals surface area contributed by atoms with E-state index in [4.69, 9.17) is 21.6 Å². The van der Waals surface area contributed by atoms with Crippen LogP contribution in [0.1, 0.15) is 5.56 Å². The van der Waals surface area contributed by atoms with Crippen LogP contribution in [0.2, 0.25) is 5.02 Å². The summed E-state index contributed by atoms with van der Waals surface area (Å²) in [4.78, 5) is 0. The number of ether oxygens (including phenoxy) is 1. The molecule has 3 nitrogen and oxygen atoms in total. The molecular formula is C14H10BrClN2O. The second-order valence-corrected chi connectivity index (χ2v) is 5.10. The summed E-state index contributed by atoms with van der Waals surface area (Å²) in [6, 6.07) is 12.9. The van der Waals surface area contributed by atoms with E-state index >= 15 is 0 Å². The van der Waals surface area contributed by atoms with E-state index in [0.717, 1.165) is 21.6 Å². The van der Waals surface area contributed by atoms with Crippen LogP contribution in [0.25, 0.3) is 0 Å². The molecule has 5 heteroatoms. The maximum Gasteiger partial charge on any atom is 0.142 e. The molecular weight excluding hydrogens is 328 g/mol. The minimum absolute atomic E-state index is 0.418. The van der Waals surface area contributed by atoms with Gasteiger partial charge in [-0.15, -0.1) is 0 Å². The summed E-state index contributed by atoms with van der Waals surface area (Å²) in [7, 11) is 1.61. The fourth-order valence-electron chi connectivity index (χ4n) is 1.62. The number of nitrogens with one attached hydrogen (secondary N) is 1. The molecule has 0 aliphatic heterocycles. The van der Waals surface area contributed by atoms with Crippen LogP contribution in [0, 0.1) is 11.3 Å². The summed E-state index contributed by atoms with van der Waals surface area (Å²) >= 11 is 9.41.